The molecule has 1 aromatic carbocycles. The molecule has 1 aliphatic rings. The minimum Gasteiger partial charge on any atom is -0.487 e. The molecule has 1 N–H and O–H groups in total. The number of aryl methyl sites for hydroxylation is 1. The van der Waals surface area contributed by atoms with Gasteiger partial charge in [-0.3, -0.25) is 4.98 Å². The summed E-state index contributed by atoms with van der Waals surface area (Å²) in [7, 11) is 0. The molecule has 10 heteroatoms. The summed E-state index contributed by atoms with van der Waals surface area (Å²) in [5, 5.41) is 3.38. The zero-order chi connectivity index (χ0) is 23.5. The number of rotatable bonds is 7. The molecule has 1 fully saturated rings. The average molecular weight is 461 g/mol. The first-order valence-electron chi connectivity index (χ1n) is 10.9. The van der Waals surface area contributed by atoms with Gasteiger partial charge in [0.2, 0.25) is 0 Å². The molecule has 1 saturated heterocycles. The first-order valence-corrected chi connectivity index (χ1v) is 10.9. The highest BCUT2D eigenvalue weighted by atomic mass is 19.3. The van der Waals surface area contributed by atoms with Crippen molar-refractivity contribution in [3.05, 3.63) is 42.0 Å². The molecule has 4 rings (SSSR count). The fourth-order valence-corrected chi connectivity index (χ4v) is 3.76. The lowest BCUT2D eigenvalue weighted by molar-refractivity contribution is -0.0500. The van der Waals surface area contributed by atoms with Crippen molar-refractivity contribution in [1.82, 2.24) is 15.0 Å². The van der Waals surface area contributed by atoms with Crippen molar-refractivity contribution in [2.45, 2.75) is 52.4 Å². The number of alkyl halides is 2. The van der Waals surface area contributed by atoms with Crippen LogP contribution in [-0.4, -0.2) is 46.8 Å². The van der Waals surface area contributed by atoms with Gasteiger partial charge in [0.1, 0.15) is 17.4 Å². The smallest absolute Gasteiger partial charge is 0.387 e. The van der Waals surface area contributed by atoms with Crippen LogP contribution < -0.4 is 19.7 Å². The van der Waals surface area contributed by atoms with Gasteiger partial charge in [0.15, 0.2) is 23.2 Å². The van der Waals surface area contributed by atoms with Crippen LogP contribution in [-0.2, 0) is 0 Å². The third-order valence-corrected chi connectivity index (χ3v) is 5.26. The van der Waals surface area contributed by atoms with Crippen molar-refractivity contribution < 1.29 is 22.6 Å². The van der Waals surface area contributed by atoms with E-state index in [4.69, 9.17) is 14.7 Å². The van der Waals surface area contributed by atoms with E-state index in [1.54, 1.807) is 6.20 Å². The normalized spacial score (nSPS) is 14.8. The van der Waals surface area contributed by atoms with Crippen LogP contribution in [0, 0.1) is 12.7 Å². The molecule has 0 bridgehead atoms. The lowest BCUT2D eigenvalue weighted by Gasteiger charge is -2.34. The maximum Gasteiger partial charge on any atom is 0.387 e. The molecule has 0 amide bonds. The van der Waals surface area contributed by atoms with Crippen LogP contribution in [0.3, 0.4) is 0 Å². The molecule has 7 nitrogen and oxygen atoms in total. The Morgan fingerprint density at radius 1 is 1.09 bits per heavy atom. The van der Waals surface area contributed by atoms with Gasteiger partial charge in [0, 0.05) is 43.7 Å². The van der Waals surface area contributed by atoms with Crippen LogP contribution >= 0.6 is 0 Å². The number of hydrogen-bond acceptors (Lipinski definition) is 7. The topological polar surface area (TPSA) is 72.4 Å². The van der Waals surface area contributed by atoms with E-state index in [2.05, 4.69) is 19.9 Å². The first kappa shape index (κ1) is 22.9. The minimum atomic E-state index is -3.01. The van der Waals surface area contributed by atoms with Gasteiger partial charge in [-0.25, -0.2) is 14.4 Å². The lowest BCUT2D eigenvalue weighted by Crippen LogP contribution is -2.39. The summed E-state index contributed by atoms with van der Waals surface area (Å²) in [6.07, 6.45) is 2.79. The van der Waals surface area contributed by atoms with E-state index in [1.165, 1.54) is 12.1 Å². The van der Waals surface area contributed by atoms with E-state index >= 15 is 0 Å². The molecule has 1 aliphatic heterocycles. The summed E-state index contributed by atoms with van der Waals surface area (Å²) in [4.78, 5) is 16.0. The van der Waals surface area contributed by atoms with E-state index in [-0.39, 0.29) is 23.6 Å². The predicted molar refractivity (Wildman–Crippen MR) is 120 cm³/mol. The third kappa shape index (κ3) is 5.55. The number of nitrogens with zero attached hydrogens (tertiary/aromatic N) is 4. The molecule has 0 aliphatic carbocycles. The molecule has 0 spiro atoms. The monoisotopic (exact) mass is 461 g/mol. The van der Waals surface area contributed by atoms with E-state index in [0.29, 0.717) is 31.7 Å². The zero-order valence-electron chi connectivity index (χ0n) is 18.7. The molecule has 2 aromatic heterocycles. The Morgan fingerprint density at radius 2 is 1.85 bits per heavy atom. The maximum absolute atomic E-state index is 14.3. The SMILES string of the molecule is Cc1cc2nc(NC(C)C)c(N3CCC(Oc4ccc(OC(F)F)cc4F)CC3)nc2cn1. The van der Waals surface area contributed by atoms with Gasteiger partial charge in [0.25, 0.3) is 0 Å². The second kappa shape index (κ2) is 9.68. The van der Waals surface area contributed by atoms with Crippen molar-refractivity contribution in [1.29, 1.82) is 0 Å². The summed E-state index contributed by atoms with van der Waals surface area (Å²) in [5.74, 6) is 0.504. The molecular formula is C23H26F3N5O2. The standard InChI is InChI=1S/C23H26F3N5O2/c1-13(2)28-21-22(30-19-12-27-14(3)10-18(19)29-21)31-8-6-15(7-9-31)32-20-5-4-16(11-17(20)24)33-23(25)26/h4-5,10-13,15,23H,6-9H2,1-3H3,(H,28,29). The molecular weight excluding hydrogens is 435 g/mol. The molecule has 3 heterocycles. The average Bonchev–Trinajstić information content (AvgIpc) is 2.75. The highest BCUT2D eigenvalue weighted by molar-refractivity contribution is 5.80. The zero-order valence-corrected chi connectivity index (χ0v) is 18.7. The van der Waals surface area contributed by atoms with Crippen molar-refractivity contribution in [2.24, 2.45) is 0 Å². The van der Waals surface area contributed by atoms with Gasteiger partial charge in [-0.05, 0) is 39.0 Å². The van der Waals surface area contributed by atoms with Crippen molar-refractivity contribution in [3.63, 3.8) is 0 Å². The summed E-state index contributed by atoms with van der Waals surface area (Å²) in [6.45, 7) is 4.28. The number of ether oxygens (including phenoxy) is 2. The van der Waals surface area contributed by atoms with E-state index in [0.717, 1.165) is 28.6 Å². The number of fused-ring (bicyclic) bond motifs is 1. The van der Waals surface area contributed by atoms with E-state index in [1.807, 2.05) is 26.8 Å². The number of piperidine rings is 1. The number of pyridine rings is 1. The first-order chi connectivity index (χ1) is 15.8. The molecule has 33 heavy (non-hydrogen) atoms. The maximum atomic E-state index is 14.3. The van der Waals surface area contributed by atoms with Crippen molar-refractivity contribution >= 4 is 22.7 Å². The van der Waals surface area contributed by atoms with Crippen molar-refractivity contribution in [3.8, 4) is 11.5 Å². The Bertz CT molecular complexity index is 1120. The highest BCUT2D eigenvalue weighted by Crippen LogP contribution is 2.30. The minimum absolute atomic E-state index is 0.0178. The van der Waals surface area contributed by atoms with Crippen LogP contribution in [0.25, 0.3) is 11.0 Å². The Balaban J connectivity index is 1.47. The Labute approximate surface area is 190 Å². The van der Waals surface area contributed by atoms with Gasteiger partial charge < -0.3 is 19.7 Å². The highest BCUT2D eigenvalue weighted by Gasteiger charge is 2.25. The summed E-state index contributed by atoms with van der Waals surface area (Å²) >= 11 is 0. The van der Waals surface area contributed by atoms with Crippen LogP contribution in [0.2, 0.25) is 0 Å². The number of halogens is 3. The van der Waals surface area contributed by atoms with Gasteiger partial charge in [-0.2, -0.15) is 8.78 Å². The van der Waals surface area contributed by atoms with Gasteiger partial charge >= 0.3 is 6.61 Å². The number of aromatic nitrogens is 3. The lowest BCUT2D eigenvalue weighted by atomic mass is 10.1. The quantitative estimate of drug-likeness (QED) is 0.534. The number of hydrogen-bond donors (Lipinski definition) is 1. The van der Waals surface area contributed by atoms with Gasteiger partial charge in [0.05, 0.1) is 11.7 Å². The van der Waals surface area contributed by atoms with Crippen LogP contribution in [0.15, 0.2) is 30.5 Å². The Morgan fingerprint density at radius 3 is 2.52 bits per heavy atom. The second-order valence-electron chi connectivity index (χ2n) is 8.28. The molecule has 0 atom stereocenters. The summed E-state index contributed by atoms with van der Waals surface area (Å²) in [6, 6.07) is 5.57. The van der Waals surface area contributed by atoms with Gasteiger partial charge in [-0.15, -0.1) is 0 Å². The summed E-state index contributed by atoms with van der Waals surface area (Å²) < 4.78 is 48.9. The van der Waals surface area contributed by atoms with Crippen LogP contribution in [0.5, 0.6) is 11.5 Å². The van der Waals surface area contributed by atoms with E-state index in [9.17, 15) is 13.2 Å². The molecule has 0 radical (unpaired) electrons. The third-order valence-electron chi connectivity index (χ3n) is 5.26. The summed E-state index contributed by atoms with van der Waals surface area (Å²) in [5.41, 5.74) is 2.37. The van der Waals surface area contributed by atoms with E-state index < -0.39 is 12.4 Å². The number of nitrogens with one attached hydrogen (secondary N) is 1. The molecule has 0 saturated carbocycles. The molecule has 176 valence electrons. The van der Waals surface area contributed by atoms with Crippen LogP contribution in [0.1, 0.15) is 32.4 Å². The van der Waals surface area contributed by atoms with Crippen LogP contribution in [0.4, 0.5) is 24.8 Å². The van der Waals surface area contributed by atoms with Gasteiger partial charge in [-0.1, -0.05) is 0 Å². The molecule has 3 aromatic rings. The fourth-order valence-electron chi connectivity index (χ4n) is 3.76. The second-order valence-corrected chi connectivity index (χ2v) is 8.28. The number of anilines is 2. The Hall–Kier alpha value is -3.30. The number of benzene rings is 1. The fraction of sp³-hybridized carbons (Fsp3) is 0.435. The Kier molecular flexibility index (Phi) is 6.71. The largest absolute Gasteiger partial charge is 0.487 e. The predicted octanol–water partition coefficient (Wildman–Crippen LogP) is 4.94. The van der Waals surface area contributed by atoms with Crippen molar-refractivity contribution in [2.75, 3.05) is 23.3 Å². The molecule has 0 unspecified atom stereocenters.